The van der Waals surface area contributed by atoms with Crippen LogP contribution < -0.4 is 10.2 Å². The average Bonchev–Trinajstić information content (AvgIpc) is 3.33. The van der Waals surface area contributed by atoms with Gasteiger partial charge in [-0.05, 0) is 12.1 Å². The van der Waals surface area contributed by atoms with Gasteiger partial charge < -0.3 is 15.0 Å². The summed E-state index contributed by atoms with van der Waals surface area (Å²) in [6, 6.07) is 9.96. The van der Waals surface area contributed by atoms with Gasteiger partial charge >= 0.3 is 0 Å². The number of epoxide rings is 1. The van der Waals surface area contributed by atoms with Crippen LogP contribution in [0.15, 0.2) is 42.6 Å². The first-order valence-corrected chi connectivity index (χ1v) is 7.11. The van der Waals surface area contributed by atoms with Crippen molar-refractivity contribution in [2.75, 3.05) is 29.9 Å². The molecule has 4 rings (SSSR count). The minimum atomic E-state index is 0.352. The quantitative estimate of drug-likeness (QED) is 0.872. The molecule has 1 aromatic heterocycles. The van der Waals surface area contributed by atoms with Crippen molar-refractivity contribution < 1.29 is 4.74 Å². The van der Waals surface area contributed by atoms with Gasteiger partial charge in [-0.2, -0.15) is 4.98 Å². The highest BCUT2D eigenvalue weighted by molar-refractivity contribution is 5.69. The summed E-state index contributed by atoms with van der Waals surface area (Å²) in [5, 5.41) is 3.24. The summed E-state index contributed by atoms with van der Waals surface area (Å²) >= 11 is 0. The smallest absolute Gasteiger partial charge is 0.229 e. The summed E-state index contributed by atoms with van der Waals surface area (Å²) in [6.07, 6.45) is 6.43. The second-order valence-electron chi connectivity index (χ2n) is 5.23. The summed E-state index contributed by atoms with van der Waals surface area (Å²) in [5.41, 5.74) is 2.04. The van der Waals surface area contributed by atoms with Crippen LogP contribution in [0.5, 0.6) is 0 Å². The van der Waals surface area contributed by atoms with Gasteiger partial charge in [-0.15, -0.1) is 0 Å². The van der Waals surface area contributed by atoms with Gasteiger partial charge in [0.25, 0.3) is 0 Å². The third-order valence-corrected chi connectivity index (χ3v) is 3.57. The number of hydrogen-bond donors (Lipinski definition) is 1. The zero-order valence-corrected chi connectivity index (χ0v) is 11.6. The highest BCUT2D eigenvalue weighted by atomic mass is 16.6. The Hall–Kier alpha value is -2.40. The maximum atomic E-state index is 5.33. The average molecular weight is 280 g/mol. The van der Waals surface area contributed by atoms with Crippen molar-refractivity contribution in [1.29, 1.82) is 0 Å². The second kappa shape index (κ2) is 5.18. The van der Waals surface area contributed by atoms with Gasteiger partial charge in [-0.25, -0.2) is 4.98 Å². The molecule has 0 amide bonds. The molecule has 0 saturated carbocycles. The summed E-state index contributed by atoms with van der Waals surface area (Å²) in [7, 11) is 0. The van der Waals surface area contributed by atoms with Gasteiger partial charge in [0.15, 0.2) is 0 Å². The number of para-hydroxylation sites is 1. The molecule has 2 aliphatic heterocycles. The number of benzene rings is 1. The van der Waals surface area contributed by atoms with Crippen molar-refractivity contribution >= 4 is 23.5 Å². The molecule has 5 nitrogen and oxygen atoms in total. The molecule has 1 atom stereocenters. The number of nitrogens with one attached hydrogen (secondary N) is 1. The number of aromatic nitrogens is 2. The number of hydrogen-bond acceptors (Lipinski definition) is 5. The predicted molar refractivity (Wildman–Crippen MR) is 82.7 cm³/mol. The minimum absolute atomic E-state index is 0.352. The number of nitrogens with zero attached hydrogens (tertiary/aromatic N) is 3. The molecule has 3 heterocycles. The molecule has 1 fully saturated rings. The van der Waals surface area contributed by atoms with Gasteiger partial charge in [0.2, 0.25) is 5.95 Å². The lowest BCUT2D eigenvalue weighted by atomic mass is 10.2. The fourth-order valence-corrected chi connectivity index (χ4v) is 2.44. The lowest BCUT2D eigenvalue weighted by molar-refractivity contribution is 0.408. The Balaban J connectivity index is 1.60. The first-order chi connectivity index (χ1) is 10.4. The predicted octanol–water partition coefficient (Wildman–Crippen LogP) is 2.45. The topological polar surface area (TPSA) is 53.6 Å². The van der Waals surface area contributed by atoms with E-state index in [0.717, 1.165) is 36.8 Å². The first-order valence-electron chi connectivity index (χ1n) is 7.11. The van der Waals surface area contributed by atoms with Crippen molar-refractivity contribution in [3.63, 3.8) is 0 Å². The van der Waals surface area contributed by atoms with E-state index in [1.165, 1.54) is 0 Å². The Morgan fingerprint density at radius 2 is 2.14 bits per heavy atom. The Kier molecular flexibility index (Phi) is 3.05. The van der Waals surface area contributed by atoms with E-state index in [9.17, 15) is 0 Å². The summed E-state index contributed by atoms with van der Waals surface area (Å²) in [6.45, 7) is 2.61. The zero-order valence-electron chi connectivity index (χ0n) is 11.6. The molecule has 0 aliphatic carbocycles. The molecule has 106 valence electrons. The largest absolute Gasteiger partial charge is 0.371 e. The lowest BCUT2D eigenvalue weighted by Gasteiger charge is -2.26. The monoisotopic (exact) mass is 280 g/mol. The van der Waals surface area contributed by atoms with Gasteiger partial charge in [0, 0.05) is 30.5 Å². The van der Waals surface area contributed by atoms with Crippen LogP contribution in [-0.2, 0) is 4.74 Å². The van der Waals surface area contributed by atoms with Gasteiger partial charge in [0.05, 0.1) is 12.7 Å². The van der Waals surface area contributed by atoms with Crippen LogP contribution in [0.4, 0.5) is 17.5 Å². The van der Waals surface area contributed by atoms with E-state index in [1.807, 2.05) is 36.5 Å². The fraction of sp³-hybridized carbons (Fsp3) is 0.250. The summed E-state index contributed by atoms with van der Waals surface area (Å²) < 4.78 is 5.33. The van der Waals surface area contributed by atoms with Crippen LogP contribution in [0.2, 0.25) is 0 Å². The highest BCUT2D eigenvalue weighted by Crippen LogP contribution is 2.26. The fourth-order valence-electron chi connectivity index (χ4n) is 2.44. The van der Waals surface area contributed by atoms with Crippen molar-refractivity contribution in [1.82, 2.24) is 9.97 Å². The molecular weight excluding hydrogens is 264 g/mol. The van der Waals surface area contributed by atoms with E-state index in [-0.39, 0.29) is 0 Å². The zero-order chi connectivity index (χ0) is 14.1. The number of rotatable bonds is 4. The molecule has 21 heavy (non-hydrogen) atoms. The van der Waals surface area contributed by atoms with Crippen LogP contribution in [0.25, 0.3) is 6.08 Å². The van der Waals surface area contributed by atoms with E-state index in [2.05, 4.69) is 32.3 Å². The maximum absolute atomic E-state index is 5.33. The molecule has 5 heteroatoms. The SMILES string of the molecule is C1=Cc2cnc(Nc3ccccc3)nc2N(CC2CO2)C1. The molecule has 2 aromatic rings. The molecule has 1 aromatic carbocycles. The second-order valence-corrected chi connectivity index (χ2v) is 5.23. The van der Waals surface area contributed by atoms with E-state index in [4.69, 9.17) is 4.74 Å². The van der Waals surface area contributed by atoms with Gasteiger partial charge in [-0.3, -0.25) is 0 Å². The van der Waals surface area contributed by atoms with Crippen molar-refractivity contribution in [3.05, 3.63) is 48.2 Å². The molecule has 1 unspecified atom stereocenters. The first kappa shape index (κ1) is 12.3. The third kappa shape index (κ3) is 2.73. The van der Waals surface area contributed by atoms with Crippen molar-refractivity contribution in [3.8, 4) is 0 Å². The molecule has 0 bridgehead atoms. The minimum Gasteiger partial charge on any atom is -0.371 e. The molecular formula is C16H16N4O. The van der Waals surface area contributed by atoms with Crippen LogP contribution in [0, 0.1) is 0 Å². The van der Waals surface area contributed by atoms with Crippen molar-refractivity contribution in [2.24, 2.45) is 0 Å². The summed E-state index contributed by atoms with van der Waals surface area (Å²) in [5.74, 6) is 1.60. The van der Waals surface area contributed by atoms with E-state index >= 15 is 0 Å². The van der Waals surface area contributed by atoms with Crippen LogP contribution in [0.1, 0.15) is 5.56 Å². The Morgan fingerprint density at radius 3 is 2.95 bits per heavy atom. The Morgan fingerprint density at radius 1 is 1.29 bits per heavy atom. The maximum Gasteiger partial charge on any atom is 0.229 e. The van der Waals surface area contributed by atoms with E-state index in [1.54, 1.807) is 0 Å². The van der Waals surface area contributed by atoms with Crippen LogP contribution >= 0.6 is 0 Å². The molecule has 0 radical (unpaired) electrons. The standard InChI is InChI=1S/C16H16N4O/c1-2-6-13(7-3-1)18-16-17-9-12-5-4-8-20(15(12)19-16)10-14-11-21-14/h1-7,9,14H,8,10-11H2,(H,17,18,19). The van der Waals surface area contributed by atoms with Crippen LogP contribution in [-0.4, -0.2) is 35.8 Å². The van der Waals surface area contributed by atoms with Crippen molar-refractivity contribution in [2.45, 2.75) is 6.10 Å². The Labute approximate surface area is 123 Å². The number of ether oxygens (including phenoxy) is 1. The molecule has 2 aliphatic rings. The number of anilines is 3. The molecule has 1 N–H and O–H groups in total. The van der Waals surface area contributed by atoms with Gasteiger partial charge in [0.1, 0.15) is 5.82 Å². The van der Waals surface area contributed by atoms with E-state index in [0.29, 0.717) is 12.1 Å². The third-order valence-electron chi connectivity index (χ3n) is 3.57. The number of fused-ring (bicyclic) bond motifs is 1. The molecule has 0 spiro atoms. The highest BCUT2D eigenvalue weighted by Gasteiger charge is 2.27. The lowest BCUT2D eigenvalue weighted by Crippen LogP contribution is -2.31. The van der Waals surface area contributed by atoms with Crippen LogP contribution in [0.3, 0.4) is 0 Å². The van der Waals surface area contributed by atoms with Gasteiger partial charge in [-0.1, -0.05) is 30.4 Å². The molecule has 1 saturated heterocycles. The van der Waals surface area contributed by atoms with E-state index < -0.39 is 0 Å². The normalized spacial score (nSPS) is 19.2. The Bertz CT molecular complexity index is 667. The summed E-state index contributed by atoms with van der Waals surface area (Å²) in [4.78, 5) is 11.3.